The molecule has 6 heteroatoms. The summed E-state index contributed by atoms with van der Waals surface area (Å²) in [6.07, 6.45) is 0. The van der Waals surface area contributed by atoms with Gasteiger partial charge in [-0.15, -0.1) is 11.3 Å². The van der Waals surface area contributed by atoms with E-state index in [9.17, 15) is 4.79 Å². The van der Waals surface area contributed by atoms with E-state index < -0.39 is 0 Å². The molecule has 1 aliphatic heterocycles. The number of amides is 1. The fourth-order valence-electron chi connectivity index (χ4n) is 1.23. The van der Waals surface area contributed by atoms with Crippen molar-refractivity contribution in [2.75, 3.05) is 7.05 Å². The minimum Gasteiger partial charge on any atom is -0.340 e. The second kappa shape index (κ2) is 3.70. The topological polar surface area (TPSA) is 53.5 Å². The van der Waals surface area contributed by atoms with E-state index in [-0.39, 0.29) is 11.9 Å². The van der Waals surface area contributed by atoms with Crippen molar-refractivity contribution in [3.05, 3.63) is 20.8 Å². The van der Waals surface area contributed by atoms with Gasteiger partial charge in [-0.25, -0.2) is 0 Å². The first-order valence-corrected chi connectivity index (χ1v) is 5.66. The highest BCUT2D eigenvalue weighted by Crippen LogP contribution is 2.27. The second-order valence-electron chi connectivity index (χ2n) is 2.81. The lowest BCUT2D eigenvalue weighted by Crippen LogP contribution is -2.24. The monoisotopic (exact) mass is 273 g/mol. The van der Waals surface area contributed by atoms with Crippen LogP contribution < -0.4 is 10.6 Å². The van der Waals surface area contributed by atoms with E-state index in [0.717, 1.165) is 9.35 Å². The van der Waals surface area contributed by atoms with Gasteiger partial charge in [-0.1, -0.05) is 0 Å². The molecule has 1 amide bonds. The van der Waals surface area contributed by atoms with Gasteiger partial charge in [0, 0.05) is 21.8 Å². The smallest absolute Gasteiger partial charge is 0.254 e. The summed E-state index contributed by atoms with van der Waals surface area (Å²) in [6.45, 7) is 0. The van der Waals surface area contributed by atoms with E-state index in [1.807, 2.05) is 11.4 Å². The van der Waals surface area contributed by atoms with Crippen molar-refractivity contribution in [3.8, 4) is 0 Å². The third-order valence-electron chi connectivity index (χ3n) is 1.88. The van der Waals surface area contributed by atoms with Crippen LogP contribution in [-0.2, 0) is 4.79 Å². The van der Waals surface area contributed by atoms with Crippen molar-refractivity contribution < 1.29 is 4.79 Å². The third-order valence-corrected chi connectivity index (χ3v) is 3.64. The Morgan fingerprint density at radius 3 is 2.93 bits per heavy atom. The standard InChI is InChI=1S/C8H8BrN3OS/c1-10-8-11-6(7(13)12-8)5-2-4(9)3-14-5/h2-3,6H,1H3,(H2,10,11,12,13). The Bertz CT molecular complexity index is 401. The summed E-state index contributed by atoms with van der Waals surface area (Å²) in [7, 11) is 1.63. The summed E-state index contributed by atoms with van der Waals surface area (Å²) in [5.74, 6) is 0.476. The lowest BCUT2D eigenvalue weighted by molar-refractivity contribution is -0.120. The first-order chi connectivity index (χ1) is 6.70. The maximum Gasteiger partial charge on any atom is 0.254 e. The highest BCUT2D eigenvalue weighted by atomic mass is 79.9. The number of halogens is 1. The van der Waals surface area contributed by atoms with Crippen LogP contribution in [0.15, 0.2) is 20.9 Å². The van der Waals surface area contributed by atoms with Crippen molar-refractivity contribution in [1.82, 2.24) is 10.6 Å². The first kappa shape index (κ1) is 9.67. The molecule has 0 aliphatic carbocycles. The van der Waals surface area contributed by atoms with Gasteiger partial charge in [-0.05, 0) is 22.0 Å². The van der Waals surface area contributed by atoms with E-state index >= 15 is 0 Å². The van der Waals surface area contributed by atoms with E-state index in [1.54, 1.807) is 7.05 Å². The number of aliphatic imine (C=N–C) groups is 1. The molecule has 0 aromatic carbocycles. The van der Waals surface area contributed by atoms with Gasteiger partial charge in [0.25, 0.3) is 5.91 Å². The molecule has 1 aliphatic rings. The van der Waals surface area contributed by atoms with Crippen molar-refractivity contribution in [2.45, 2.75) is 6.04 Å². The average Bonchev–Trinajstić information content (AvgIpc) is 2.71. The Kier molecular flexibility index (Phi) is 2.56. The molecule has 2 heterocycles. The van der Waals surface area contributed by atoms with Crippen molar-refractivity contribution in [1.29, 1.82) is 0 Å². The summed E-state index contributed by atoms with van der Waals surface area (Å²) in [5.41, 5.74) is 0. The van der Waals surface area contributed by atoms with Crippen LogP contribution in [0.25, 0.3) is 0 Å². The number of hydrogen-bond acceptors (Lipinski definition) is 3. The number of guanidine groups is 1. The number of carbonyl (C=O) groups is 1. The van der Waals surface area contributed by atoms with Crippen molar-refractivity contribution in [2.24, 2.45) is 4.99 Å². The van der Waals surface area contributed by atoms with Crippen molar-refractivity contribution >= 4 is 39.1 Å². The molecule has 0 spiro atoms. The molecular formula is C8H8BrN3OS. The van der Waals surface area contributed by atoms with Gasteiger partial charge < -0.3 is 5.32 Å². The Morgan fingerprint density at radius 2 is 2.43 bits per heavy atom. The zero-order valence-electron chi connectivity index (χ0n) is 7.37. The van der Waals surface area contributed by atoms with Crippen LogP contribution in [0.4, 0.5) is 0 Å². The molecule has 1 aromatic rings. The van der Waals surface area contributed by atoms with Crippen LogP contribution in [0.5, 0.6) is 0 Å². The molecule has 14 heavy (non-hydrogen) atoms. The van der Waals surface area contributed by atoms with Crippen LogP contribution in [0.2, 0.25) is 0 Å². The van der Waals surface area contributed by atoms with Crippen LogP contribution in [-0.4, -0.2) is 18.9 Å². The van der Waals surface area contributed by atoms with Crippen LogP contribution in [0, 0.1) is 0 Å². The fraction of sp³-hybridized carbons (Fsp3) is 0.250. The first-order valence-electron chi connectivity index (χ1n) is 3.99. The average molecular weight is 274 g/mol. The van der Waals surface area contributed by atoms with Crippen LogP contribution in [0.1, 0.15) is 10.9 Å². The summed E-state index contributed by atoms with van der Waals surface area (Å²) in [4.78, 5) is 16.4. The molecule has 0 bridgehead atoms. The minimum absolute atomic E-state index is 0.0556. The molecule has 74 valence electrons. The van der Waals surface area contributed by atoms with Crippen LogP contribution >= 0.6 is 27.3 Å². The Labute approximate surface area is 93.5 Å². The number of thiophene rings is 1. The molecule has 1 atom stereocenters. The fourth-order valence-corrected chi connectivity index (χ4v) is 2.72. The predicted molar refractivity (Wildman–Crippen MR) is 59.4 cm³/mol. The molecule has 2 rings (SSSR count). The molecule has 1 unspecified atom stereocenters. The zero-order chi connectivity index (χ0) is 10.1. The quantitative estimate of drug-likeness (QED) is 0.810. The third kappa shape index (κ3) is 1.67. The molecule has 2 N–H and O–H groups in total. The zero-order valence-corrected chi connectivity index (χ0v) is 9.78. The van der Waals surface area contributed by atoms with Gasteiger partial charge in [-0.3, -0.25) is 15.1 Å². The number of nitrogens with one attached hydrogen (secondary N) is 2. The predicted octanol–water partition coefficient (Wildman–Crippen LogP) is 1.26. The SMILES string of the molecule is CN=C1NC(=O)C(c2cc(Br)cs2)N1. The molecule has 0 saturated carbocycles. The number of carbonyl (C=O) groups excluding carboxylic acids is 1. The second-order valence-corrected chi connectivity index (χ2v) is 4.66. The Balaban J connectivity index is 2.24. The maximum absolute atomic E-state index is 11.5. The molecule has 0 radical (unpaired) electrons. The van der Waals surface area contributed by atoms with Gasteiger partial charge in [-0.2, -0.15) is 0 Å². The van der Waals surface area contributed by atoms with E-state index in [1.165, 1.54) is 11.3 Å². The van der Waals surface area contributed by atoms with Gasteiger partial charge in [0.05, 0.1) is 0 Å². The highest BCUT2D eigenvalue weighted by molar-refractivity contribution is 9.10. The summed E-state index contributed by atoms with van der Waals surface area (Å²) in [6, 6.07) is 1.63. The largest absolute Gasteiger partial charge is 0.340 e. The Morgan fingerprint density at radius 1 is 1.64 bits per heavy atom. The molecule has 1 aromatic heterocycles. The molecule has 4 nitrogen and oxygen atoms in total. The molecular weight excluding hydrogens is 266 g/mol. The maximum atomic E-state index is 11.5. The summed E-state index contributed by atoms with van der Waals surface area (Å²) < 4.78 is 0.994. The normalized spacial score (nSPS) is 23.7. The number of rotatable bonds is 1. The van der Waals surface area contributed by atoms with Gasteiger partial charge in [0.2, 0.25) is 0 Å². The van der Waals surface area contributed by atoms with Crippen LogP contribution in [0.3, 0.4) is 0 Å². The van der Waals surface area contributed by atoms with Gasteiger partial charge in [0.1, 0.15) is 6.04 Å². The highest BCUT2D eigenvalue weighted by Gasteiger charge is 2.30. The molecule has 1 fully saturated rings. The summed E-state index contributed by atoms with van der Waals surface area (Å²) in [5, 5.41) is 7.60. The Hall–Kier alpha value is -0.880. The van der Waals surface area contributed by atoms with Crippen molar-refractivity contribution in [3.63, 3.8) is 0 Å². The number of hydrogen-bond donors (Lipinski definition) is 2. The lowest BCUT2D eigenvalue weighted by Gasteiger charge is -2.02. The lowest BCUT2D eigenvalue weighted by atomic mass is 10.2. The number of nitrogens with zero attached hydrogens (tertiary/aromatic N) is 1. The van der Waals surface area contributed by atoms with Gasteiger partial charge in [0.15, 0.2) is 5.96 Å². The minimum atomic E-state index is -0.301. The summed E-state index contributed by atoms with van der Waals surface area (Å²) >= 11 is 4.89. The van der Waals surface area contributed by atoms with E-state index in [4.69, 9.17) is 0 Å². The molecule has 1 saturated heterocycles. The van der Waals surface area contributed by atoms with E-state index in [0.29, 0.717) is 5.96 Å². The van der Waals surface area contributed by atoms with Gasteiger partial charge >= 0.3 is 0 Å². The van der Waals surface area contributed by atoms with E-state index in [2.05, 4.69) is 31.6 Å².